The van der Waals surface area contributed by atoms with Gasteiger partial charge >= 0.3 is 0 Å². The summed E-state index contributed by atoms with van der Waals surface area (Å²) in [4.78, 5) is 0. The summed E-state index contributed by atoms with van der Waals surface area (Å²) in [5.41, 5.74) is 21.3. The third-order valence-corrected chi connectivity index (χ3v) is 3.31. The van der Waals surface area contributed by atoms with Gasteiger partial charge in [0.25, 0.3) is 0 Å². The average molecular weight is 254 g/mol. The van der Waals surface area contributed by atoms with Crippen molar-refractivity contribution in [2.45, 2.75) is 76.9 Å². The van der Waals surface area contributed by atoms with Crippen LogP contribution in [0, 0.1) is 16.6 Å². The zero-order valence-electron chi connectivity index (χ0n) is 11.5. The van der Waals surface area contributed by atoms with Crippen LogP contribution >= 0.6 is 0 Å². The Balaban J connectivity index is 3.98. The molecule has 0 saturated heterocycles. The summed E-state index contributed by atoms with van der Waals surface area (Å²) in [6.45, 7) is 4.11. The molecule has 6 heteroatoms. The molecule has 0 bridgehead atoms. The van der Waals surface area contributed by atoms with Crippen molar-refractivity contribution < 1.29 is 0 Å². The van der Waals surface area contributed by atoms with Crippen LogP contribution in [0.5, 0.6) is 0 Å². The van der Waals surface area contributed by atoms with Crippen molar-refractivity contribution in [3.05, 3.63) is 0 Å². The molecule has 0 aromatic rings. The van der Waals surface area contributed by atoms with E-state index in [0.717, 1.165) is 44.9 Å². The second kappa shape index (κ2) is 10.9. The lowest BCUT2D eigenvalue weighted by molar-refractivity contribution is 0.425. The topological polar surface area (TPSA) is 109 Å². The van der Waals surface area contributed by atoms with Crippen LogP contribution in [-0.2, 0) is 0 Å². The number of nitrogens with zero attached hydrogens (tertiary/aromatic N) is 3. The molecule has 0 aliphatic carbocycles. The minimum Gasteiger partial charge on any atom is -0.210 e. The smallest absolute Gasteiger partial charge is 0.0707 e. The van der Waals surface area contributed by atoms with E-state index in [4.69, 9.17) is 16.6 Å². The van der Waals surface area contributed by atoms with Crippen LogP contribution < -0.4 is 0 Å². The molecule has 104 valence electrons. The Morgan fingerprint density at radius 2 is 1.06 bits per heavy atom. The Bertz CT molecular complexity index is 243. The Morgan fingerprint density at radius 3 is 1.39 bits per heavy atom. The molecule has 0 radical (unpaired) electrons. The molecule has 0 aromatic carbocycles. The lowest BCUT2D eigenvalue weighted by Crippen LogP contribution is -2.13. The molecular weight excluding hydrogens is 228 g/mol. The van der Waals surface area contributed by atoms with Gasteiger partial charge < -0.3 is 0 Å². The molecule has 0 rings (SSSR count). The van der Waals surface area contributed by atoms with E-state index >= 15 is 0 Å². The van der Waals surface area contributed by atoms with Crippen molar-refractivity contribution >= 4 is 0 Å². The van der Waals surface area contributed by atoms with Crippen LogP contribution in [0.15, 0.2) is 15.3 Å². The number of nitrogens with one attached hydrogen (secondary N) is 3. The molecule has 0 aromatic heterocycles. The SMILES string of the molecule is CCCC(CCC(CCC(CC)N=N)N=N)N=N. The molecule has 3 N–H and O–H groups in total. The zero-order valence-corrected chi connectivity index (χ0v) is 11.5. The quantitative estimate of drug-likeness (QED) is 0.409. The third kappa shape index (κ3) is 7.19. The van der Waals surface area contributed by atoms with Crippen molar-refractivity contribution in [2.75, 3.05) is 0 Å². The predicted molar refractivity (Wildman–Crippen MR) is 70.5 cm³/mol. The van der Waals surface area contributed by atoms with Crippen LogP contribution in [0.4, 0.5) is 0 Å². The zero-order chi connectivity index (χ0) is 13.8. The van der Waals surface area contributed by atoms with E-state index in [-0.39, 0.29) is 18.1 Å². The molecule has 0 heterocycles. The summed E-state index contributed by atoms with van der Waals surface area (Å²) >= 11 is 0. The van der Waals surface area contributed by atoms with Crippen molar-refractivity contribution in [3.63, 3.8) is 0 Å². The van der Waals surface area contributed by atoms with E-state index < -0.39 is 0 Å². The second-order valence-electron chi connectivity index (χ2n) is 4.70. The first-order chi connectivity index (χ1) is 8.71. The van der Waals surface area contributed by atoms with Gasteiger partial charge in [-0.05, 0) is 38.5 Å². The fourth-order valence-electron chi connectivity index (χ4n) is 2.01. The first-order valence-corrected chi connectivity index (χ1v) is 6.81. The van der Waals surface area contributed by atoms with E-state index in [2.05, 4.69) is 22.3 Å². The van der Waals surface area contributed by atoms with Crippen LogP contribution in [0.3, 0.4) is 0 Å². The molecule has 0 aliphatic heterocycles. The summed E-state index contributed by atoms with van der Waals surface area (Å²) in [5, 5.41) is 10.8. The van der Waals surface area contributed by atoms with Gasteiger partial charge in [-0.25, -0.2) is 16.6 Å². The van der Waals surface area contributed by atoms with E-state index in [1.54, 1.807) is 0 Å². The monoisotopic (exact) mass is 254 g/mol. The van der Waals surface area contributed by atoms with Crippen LogP contribution in [0.2, 0.25) is 0 Å². The van der Waals surface area contributed by atoms with Gasteiger partial charge in [-0.3, -0.25) is 0 Å². The van der Waals surface area contributed by atoms with Gasteiger partial charge in [-0.15, -0.1) is 0 Å². The lowest BCUT2D eigenvalue weighted by atomic mass is 9.98. The standard InChI is InChI=1S/C12H26N6/c1-3-5-11(17-14)8-9-12(18-15)7-6-10(4-2)16-13/h10-15H,3-9H2,1-2H3. The molecule has 0 aliphatic rings. The maximum atomic E-state index is 7.19. The molecule has 0 saturated carbocycles. The molecule has 0 amide bonds. The van der Waals surface area contributed by atoms with Gasteiger partial charge in [-0.1, -0.05) is 20.3 Å². The summed E-state index contributed by atoms with van der Waals surface area (Å²) in [6.07, 6.45) is 6.11. The number of rotatable bonds is 12. The molecular formula is C12H26N6. The molecule has 6 nitrogen and oxygen atoms in total. The van der Waals surface area contributed by atoms with E-state index in [1.165, 1.54) is 0 Å². The van der Waals surface area contributed by atoms with Crippen molar-refractivity contribution in [1.82, 2.24) is 0 Å². The predicted octanol–water partition coefficient (Wildman–Crippen LogP) is 4.96. The van der Waals surface area contributed by atoms with Gasteiger partial charge in [0.05, 0.1) is 18.1 Å². The van der Waals surface area contributed by atoms with Crippen molar-refractivity contribution in [3.8, 4) is 0 Å². The van der Waals surface area contributed by atoms with Crippen molar-refractivity contribution in [1.29, 1.82) is 16.6 Å². The minimum atomic E-state index is 0.00176. The minimum absolute atomic E-state index is 0.00176. The molecule has 0 spiro atoms. The first-order valence-electron chi connectivity index (χ1n) is 6.81. The lowest BCUT2D eigenvalue weighted by Gasteiger charge is -2.15. The molecule has 0 fully saturated rings. The molecule has 3 atom stereocenters. The maximum Gasteiger partial charge on any atom is 0.0707 e. The van der Waals surface area contributed by atoms with Crippen molar-refractivity contribution in [2.24, 2.45) is 15.3 Å². The normalized spacial score (nSPS) is 15.7. The number of hydrogen-bond donors (Lipinski definition) is 3. The van der Waals surface area contributed by atoms with Crippen LogP contribution in [0.1, 0.15) is 58.8 Å². The largest absolute Gasteiger partial charge is 0.210 e. The summed E-state index contributed by atoms with van der Waals surface area (Å²) in [6, 6.07) is 0.158. The maximum absolute atomic E-state index is 7.19. The highest BCUT2D eigenvalue weighted by atomic mass is 15.0. The van der Waals surface area contributed by atoms with E-state index in [0.29, 0.717) is 0 Å². The van der Waals surface area contributed by atoms with Crippen LogP contribution in [0.25, 0.3) is 0 Å². The van der Waals surface area contributed by atoms with Gasteiger partial charge in [0.15, 0.2) is 0 Å². The Morgan fingerprint density at radius 1 is 0.667 bits per heavy atom. The Labute approximate surface area is 109 Å². The fraction of sp³-hybridized carbons (Fsp3) is 1.00. The molecule has 18 heavy (non-hydrogen) atoms. The van der Waals surface area contributed by atoms with Gasteiger partial charge in [-0.2, -0.15) is 15.3 Å². The fourth-order valence-corrected chi connectivity index (χ4v) is 2.01. The molecule has 3 unspecified atom stereocenters. The average Bonchev–Trinajstić information content (AvgIpc) is 2.41. The summed E-state index contributed by atoms with van der Waals surface area (Å²) < 4.78 is 0. The Hall–Kier alpha value is -1.20. The highest BCUT2D eigenvalue weighted by molar-refractivity contribution is 4.72. The third-order valence-electron chi connectivity index (χ3n) is 3.31. The van der Waals surface area contributed by atoms with Gasteiger partial charge in [0.1, 0.15) is 0 Å². The van der Waals surface area contributed by atoms with E-state index in [1.807, 2.05) is 6.92 Å². The van der Waals surface area contributed by atoms with E-state index in [9.17, 15) is 0 Å². The highest BCUT2D eigenvalue weighted by Crippen LogP contribution is 2.17. The number of hydrogen-bond acceptors (Lipinski definition) is 6. The van der Waals surface area contributed by atoms with Crippen LogP contribution in [-0.4, -0.2) is 18.1 Å². The van der Waals surface area contributed by atoms with Gasteiger partial charge in [0.2, 0.25) is 0 Å². The summed E-state index contributed by atoms with van der Waals surface area (Å²) in [5.74, 6) is 0. The van der Waals surface area contributed by atoms with Gasteiger partial charge in [0, 0.05) is 0 Å². The first kappa shape index (κ1) is 16.8. The summed E-state index contributed by atoms with van der Waals surface area (Å²) in [7, 11) is 0. The second-order valence-corrected chi connectivity index (χ2v) is 4.70. The highest BCUT2D eigenvalue weighted by Gasteiger charge is 2.14. The Kier molecular flexibility index (Phi) is 10.2.